The van der Waals surface area contributed by atoms with Crippen molar-refractivity contribution in [2.45, 2.75) is 42.5 Å². The van der Waals surface area contributed by atoms with Gasteiger partial charge in [0.2, 0.25) is 15.9 Å². The number of nitrogens with one attached hydrogen (secondary N) is 2. The number of thiophene rings is 1. The van der Waals surface area contributed by atoms with Gasteiger partial charge in [0.1, 0.15) is 17.6 Å². The van der Waals surface area contributed by atoms with Gasteiger partial charge >= 0.3 is 11.9 Å². The van der Waals surface area contributed by atoms with E-state index in [-0.39, 0.29) is 11.4 Å². The fourth-order valence-corrected chi connectivity index (χ4v) is 5.07. The minimum absolute atomic E-state index is 0.0143. The van der Waals surface area contributed by atoms with Crippen LogP contribution in [-0.4, -0.2) is 60.5 Å². The van der Waals surface area contributed by atoms with Crippen molar-refractivity contribution in [3.8, 4) is 5.75 Å². The Bertz CT molecular complexity index is 1130. The maximum absolute atomic E-state index is 12.7. The zero-order valence-electron chi connectivity index (χ0n) is 17.8. The highest BCUT2D eigenvalue weighted by Crippen LogP contribution is 2.27. The van der Waals surface area contributed by atoms with Gasteiger partial charge in [-0.1, -0.05) is 12.5 Å². The second-order valence-electron chi connectivity index (χ2n) is 7.29. The molecule has 0 spiro atoms. The summed E-state index contributed by atoms with van der Waals surface area (Å²) in [5, 5.41) is 31.6. The van der Waals surface area contributed by atoms with E-state index in [0.29, 0.717) is 25.5 Å². The minimum atomic E-state index is -4.02. The normalized spacial score (nSPS) is 13.1. The van der Waals surface area contributed by atoms with E-state index in [4.69, 9.17) is 10.2 Å². The number of carbonyl (C=O) groups is 4. The molecule has 0 saturated heterocycles. The molecule has 0 saturated carbocycles. The summed E-state index contributed by atoms with van der Waals surface area (Å²) in [5.41, 5.74) is -0.538. The highest BCUT2D eigenvalue weighted by atomic mass is 32.2. The van der Waals surface area contributed by atoms with Gasteiger partial charge in [0.25, 0.3) is 0 Å². The topological polar surface area (TPSA) is 187 Å². The van der Waals surface area contributed by atoms with Crippen molar-refractivity contribution < 1.29 is 42.9 Å². The van der Waals surface area contributed by atoms with Gasteiger partial charge in [0.05, 0.1) is 23.3 Å². The standard InChI is InChI=1S/C21H24N2O9S2/c24-12-13(10-19(26)27)23-20(28)15(18-5-3-9-33-18)4-1-2-8-22-34(31,32)14-6-7-17(25)16(11-14)21(29)30/h3,5-7,9,11-13,15,22,25H,1-2,4,8,10H2,(H,23,28)(H,26,27)(H,29,30)/t13-,15?/m0/s1. The maximum atomic E-state index is 12.7. The SMILES string of the molecule is O=C[C@H](CC(=O)O)NC(=O)C(CCCCNS(=O)(=O)c1ccc(O)c(C(=O)O)c1)c1cccs1. The Kier molecular flexibility index (Phi) is 9.71. The number of aliphatic carboxylic acids is 1. The average Bonchev–Trinajstić information content (AvgIpc) is 3.29. The molecule has 1 aromatic heterocycles. The molecule has 0 fully saturated rings. The first-order chi connectivity index (χ1) is 16.0. The van der Waals surface area contributed by atoms with Crippen LogP contribution in [0.3, 0.4) is 0 Å². The van der Waals surface area contributed by atoms with Crippen LogP contribution >= 0.6 is 11.3 Å². The van der Waals surface area contributed by atoms with Crippen molar-refractivity contribution in [2.75, 3.05) is 6.54 Å². The minimum Gasteiger partial charge on any atom is -0.507 e. The molecule has 11 nitrogen and oxygen atoms in total. The third-order valence-electron chi connectivity index (χ3n) is 4.81. The highest BCUT2D eigenvalue weighted by molar-refractivity contribution is 7.89. The Labute approximate surface area is 199 Å². The third-order valence-corrected chi connectivity index (χ3v) is 7.25. The van der Waals surface area contributed by atoms with E-state index in [2.05, 4.69) is 10.0 Å². The first-order valence-corrected chi connectivity index (χ1v) is 12.5. The van der Waals surface area contributed by atoms with Crippen LogP contribution in [0.4, 0.5) is 0 Å². The molecule has 1 heterocycles. The lowest BCUT2D eigenvalue weighted by atomic mass is 9.98. The molecule has 0 aliphatic carbocycles. The summed E-state index contributed by atoms with van der Waals surface area (Å²) in [6, 6.07) is 5.28. The van der Waals surface area contributed by atoms with Gasteiger partial charge in [-0.15, -0.1) is 11.3 Å². The van der Waals surface area contributed by atoms with Crippen molar-refractivity contribution in [2.24, 2.45) is 0 Å². The molecule has 0 aliphatic heterocycles. The van der Waals surface area contributed by atoms with E-state index < -0.39 is 57.6 Å². The largest absolute Gasteiger partial charge is 0.507 e. The summed E-state index contributed by atoms with van der Waals surface area (Å²) in [7, 11) is -4.02. The Morgan fingerprint density at radius 3 is 2.44 bits per heavy atom. The first kappa shape index (κ1) is 27.0. The zero-order chi connectivity index (χ0) is 25.3. The van der Waals surface area contributed by atoms with E-state index in [1.807, 2.05) is 0 Å². The fraction of sp³-hybridized carbons (Fsp3) is 0.333. The smallest absolute Gasteiger partial charge is 0.339 e. The number of hydrogen-bond donors (Lipinski definition) is 5. The molecule has 2 aromatic rings. The second kappa shape index (κ2) is 12.3. The number of benzene rings is 1. The van der Waals surface area contributed by atoms with E-state index in [1.165, 1.54) is 11.3 Å². The van der Waals surface area contributed by atoms with Gasteiger partial charge in [0.15, 0.2) is 0 Å². The Balaban J connectivity index is 1.95. The first-order valence-electron chi connectivity index (χ1n) is 10.1. The maximum Gasteiger partial charge on any atom is 0.339 e. The average molecular weight is 513 g/mol. The van der Waals surface area contributed by atoms with Crippen LogP contribution < -0.4 is 10.0 Å². The number of carboxylic acids is 2. The molecule has 0 aliphatic rings. The van der Waals surface area contributed by atoms with Crippen molar-refractivity contribution in [3.05, 3.63) is 46.2 Å². The molecule has 1 unspecified atom stereocenters. The summed E-state index contributed by atoms with van der Waals surface area (Å²) in [6.45, 7) is 0.0143. The molecule has 13 heteroatoms. The molecule has 34 heavy (non-hydrogen) atoms. The highest BCUT2D eigenvalue weighted by Gasteiger charge is 2.25. The van der Waals surface area contributed by atoms with E-state index in [1.54, 1.807) is 17.5 Å². The number of aromatic hydroxyl groups is 1. The summed E-state index contributed by atoms with van der Waals surface area (Å²) in [5.74, 6) is -4.37. The number of rotatable bonds is 14. The number of aldehydes is 1. The number of carbonyl (C=O) groups excluding carboxylic acids is 2. The van der Waals surface area contributed by atoms with Crippen LogP contribution in [-0.2, 0) is 24.4 Å². The van der Waals surface area contributed by atoms with Crippen LogP contribution in [0.25, 0.3) is 0 Å². The van der Waals surface area contributed by atoms with Crippen molar-refractivity contribution in [3.63, 3.8) is 0 Å². The van der Waals surface area contributed by atoms with Crippen LogP contribution in [0, 0.1) is 0 Å². The quantitative estimate of drug-likeness (QED) is 0.185. The van der Waals surface area contributed by atoms with Gasteiger partial charge in [-0.3, -0.25) is 9.59 Å². The summed E-state index contributed by atoms with van der Waals surface area (Å²) < 4.78 is 27.2. The van der Waals surface area contributed by atoms with Crippen LogP contribution in [0.1, 0.15) is 46.8 Å². The van der Waals surface area contributed by atoms with Gasteiger partial charge in [-0.05, 0) is 42.5 Å². The number of phenols is 1. The molecular formula is C21H24N2O9S2. The number of aromatic carboxylic acids is 1. The molecule has 5 N–H and O–H groups in total. The van der Waals surface area contributed by atoms with E-state index >= 15 is 0 Å². The number of amides is 1. The van der Waals surface area contributed by atoms with Crippen molar-refractivity contribution in [1.82, 2.24) is 10.0 Å². The van der Waals surface area contributed by atoms with Gasteiger partial charge in [-0.25, -0.2) is 17.9 Å². The third kappa shape index (κ3) is 7.64. The molecule has 2 atom stereocenters. The van der Waals surface area contributed by atoms with E-state index in [0.717, 1.165) is 23.1 Å². The number of carboxylic acid groups (broad SMARTS) is 2. The lowest BCUT2D eigenvalue weighted by Crippen LogP contribution is -2.40. The Hall–Kier alpha value is -3.29. The predicted molar refractivity (Wildman–Crippen MR) is 121 cm³/mol. The number of sulfonamides is 1. The zero-order valence-corrected chi connectivity index (χ0v) is 19.5. The fourth-order valence-electron chi connectivity index (χ4n) is 3.11. The number of unbranched alkanes of at least 4 members (excludes halogenated alkanes) is 1. The molecule has 184 valence electrons. The monoisotopic (exact) mass is 512 g/mol. The lowest BCUT2D eigenvalue weighted by Gasteiger charge is -2.18. The lowest BCUT2D eigenvalue weighted by molar-refractivity contribution is -0.138. The van der Waals surface area contributed by atoms with Crippen molar-refractivity contribution >= 4 is 45.5 Å². The molecular weight excluding hydrogens is 488 g/mol. The van der Waals surface area contributed by atoms with E-state index in [9.17, 15) is 32.7 Å². The van der Waals surface area contributed by atoms with Crippen LogP contribution in [0.2, 0.25) is 0 Å². The van der Waals surface area contributed by atoms with Gasteiger partial charge < -0.3 is 25.4 Å². The summed E-state index contributed by atoms with van der Waals surface area (Å²) in [6.07, 6.45) is 0.944. The summed E-state index contributed by atoms with van der Waals surface area (Å²) in [4.78, 5) is 46.1. The number of hydrogen-bond acceptors (Lipinski definition) is 8. The molecule has 2 rings (SSSR count). The summed E-state index contributed by atoms with van der Waals surface area (Å²) >= 11 is 1.33. The van der Waals surface area contributed by atoms with Gasteiger partial charge in [0, 0.05) is 11.4 Å². The van der Waals surface area contributed by atoms with Gasteiger partial charge in [-0.2, -0.15) is 0 Å². The molecule has 0 bridgehead atoms. The van der Waals surface area contributed by atoms with Crippen LogP contribution in [0.15, 0.2) is 40.6 Å². The Morgan fingerprint density at radius 1 is 1.12 bits per heavy atom. The molecule has 1 amide bonds. The molecule has 0 radical (unpaired) electrons. The predicted octanol–water partition coefficient (Wildman–Crippen LogP) is 1.54. The van der Waals surface area contributed by atoms with Crippen LogP contribution in [0.5, 0.6) is 5.75 Å². The Morgan fingerprint density at radius 2 is 1.85 bits per heavy atom. The van der Waals surface area contributed by atoms with Crippen molar-refractivity contribution in [1.29, 1.82) is 0 Å². The molecule has 1 aromatic carbocycles. The second-order valence-corrected chi connectivity index (χ2v) is 10.0.